The highest BCUT2D eigenvalue weighted by molar-refractivity contribution is 7.90. The van der Waals surface area contributed by atoms with E-state index >= 15 is 0 Å². The molecule has 0 bridgehead atoms. The van der Waals surface area contributed by atoms with Crippen LogP contribution in [0.15, 0.2) is 41.4 Å². The Labute approximate surface area is 132 Å². The van der Waals surface area contributed by atoms with Crippen molar-refractivity contribution in [2.75, 3.05) is 16.6 Å². The predicted octanol–water partition coefficient (Wildman–Crippen LogP) is 2.11. The van der Waals surface area contributed by atoms with Crippen LogP contribution in [0.4, 0.5) is 21.6 Å². The van der Waals surface area contributed by atoms with Gasteiger partial charge in [0.1, 0.15) is 16.5 Å². The summed E-state index contributed by atoms with van der Waals surface area (Å²) in [6, 6.07) is 6.18. The largest absolute Gasteiger partial charge is 0.291 e. The molecule has 0 saturated carbocycles. The van der Waals surface area contributed by atoms with Gasteiger partial charge in [-0.1, -0.05) is 0 Å². The lowest BCUT2D eigenvalue weighted by Crippen LogP contribution is -2.24. The Morgan fingerprint density at radius 3 is 2.52 bits per heavy atom. The molecule has 2 N–H and O–H groups in total. The average Bonchev–Trinajstić information content (AvgIpc) is 2.46. The van der Waals surface area contributed by atoms with Gasteiger partial charge >= 0.3 is 0 Å². The molecule has 1 aromatic heterocycles. The molecule has 1 aromatic carbocycles. The number of halogens is 1. The molecular weight excluding hydrogens is 325 g/mol. The van der Waals surface area contributed by atoms with Gasteiger partial charge in [-0.2, -0.15) is 0 Å². The second kappa shape index (κ2) is 6.31. The number of carbonyl (C=O) groups excluding carboxylic acids is 1. The fourth-order valence-electron chi connectivity index (χ4n) is 2.02. The lowest BCUT2D eigenvalue weighted by Gasteiger charge is -2.21. The number of carbonyl (C=O) groups is 1. The van der Waals surface area contributed by atoms with E-state index < -0.39 is 26.5 Å². The summed E-state index contributed by atoms with van der Waals surface area (Å²) in [6.45, 7) is 1.25. The van der Waals surface area contributed by atoms with Crippen LogP contribution in [0.25, 0.3) is 0 Å². The number of anilines is 3. The van der Waals surface area contributed by atoms with Gasteiger partial charge in [-0.3, -0.25) is 20.4 Å². The Bertz CT molecular complexity index is 855. The van der Waals surface area contributed by atoms with Gasteiger partial charge in [0.05, 0.1) is 11.4 Å². The summed E-state index contributed by atoms with van der Waals surface area (Å²) in [5, 5.41) is 8.92. The van der Waals surface area contributed by atoms with Crippen molar-refractivity contribution < 1.29 is 22.8 Å². The summed E-state index contributed by atoms with van der Waals surface area (Å²) < 4.78 is 36.9. The van der Waals surface area contributed by atoms with E-state index in [-0.39, 0.29) is 17.2 Å². The van der Waals surface area contributed by atoms with E-state index in [0.717, 1.165) is 23.3 Å². The summed E-state index contributed by atoms with van der Waals surface area (Å²) in [4.78, 5) is 16.5. The quantitative estimate of drug-likeness (QED) is 0.828. The van der Waals surface area contributed by atoms with Gasteiger partial charge in [0.15, 0.2) is 9.84 Å². The van der Waals surface area contributed by atoms with Crippen molar-refractivity contribution in [3.63, 3.8) is 0 Å². The number of hydrogen-bond donors (Lipinski definition) is 2. The number of rotatable bonds is 4. The van der Waals surface area contributed by atoms with Crippen molar-refractivity contribution in [2.24, 2.45) is 0 Å². The summed E-state index contributed by atoms with van der Waals surface area (Å²) in [6.07, 6.45) is 2.25. The zero-order valence-electron chi connectivity index (χ0n) is 12.3. The van der Waals surface area contributed by atoms with Crippen LogP contribution in [0.5, 0.6) is 0 Å². The minimum absolute atomic E-state index is 0.116. The third-order valence-corrected chi connectivity index (χ3v) is 4.12. The van der Waals surface area contributed by atoms with E-state index in [1.807, 2.05) is 5.48 Å². The van der Waals surface area contributed by atoms with Crippen molar-refractivity contribution in [3.8, 4) is 0 Å². The number of pyridine rings is 1. The van der Waals surface area contributed by atoms with Crippen LogP contribution in [0.3, 0.4) is 0 Å². The molecule has 0 aliphatic heterocycles. The Hall–Kier alpha value is -2.52. The van der Waals surface area contributed by atoms with Crippen molar-refractivity contribution in [1.82, 2.24) is 4.98 Å². The lowest BCUT2D eigenvalue weighted by molar-refractivity contribution is -0.115. The van der Waals surface area contributed by atoms with Crippen LogP contribution in [-0.4, -0.2) is 30.8 Å². The third-order valence-electron chi connectivity index (χ3n) is 2.99. The van der Waals surface area contributed by atoms with Crippen molar-refractivity contribution >= 4 is 32.9 Å². The Balaban J connectivity index is 2.55. The molecule has 0 aliphatic rings. The molecule has 2 aromatic rings. The van der Waals surface area contributed by atoms with Crippen LogP contribution in [-0.2, 0) is 14.6 Å². The summed E-state index contributed by atoms with van der Waals surface area (Å²) in [7, 11) is -3.71. The molecule has 122 valence electrons. The van der Waals surface area contributed by atoms with Crippen molar-refractivity contribution in [2.45, 2.75) is 11.8 Å². The molecule has 1 heterocycles. The molecule has 0 aliphatic carbocycles. The van der Waals surface area contributed by atoms with Gasteiger partial charge in [0, 0.05) is 25.4 Å². The summed E-state index contributed by atoms with van der Waals surface area (Å²) >= 11 is 0. The Morgan fingerprint density at radius 1 is 1.30 bits per heavy atom. The van der Waals surface area contributed by atoms with E-state index in [4.69, 9.17) is 5.21 Å². The van der Waals surface area contributed by atoms with Crippen molar-refractivity contribution in [3.05, 3.63) is 42.3 Å². The number of aromatic nitrogens is 1. The molecule has 1 amide bonds. The highest BCUT2D eigenvalue weighted by Gasteiger charge is 2.20. The lowest BCUT2D eigenvalue weighted by atomic mass is 10.2. The second-order valence-electron chi connectivity index (χ2n) is 4.76. The van der Waals surface area contributed by atoms with E-state index in [2.05, 4.69) is 4.98 Å². The van der Waals surface area contributed by atoms with Gasteiger partial charge < -0.3 is 0 Å². The molecule has 0 unspecified atom stereocenters. The van der Waals surface area contributed by atoms with Gasteiger partial charge in [-0.25, -0.2) is 17.8 Å². The maximum absolute atomic E-state index is 14.0. The minimum atomic E-state index is -3.71. The summed E-state index contributed by atoms with van der Waals surface area (Å²) in [5.74, 6) is -1.28. The van der Waals surface area contributed by atoms with Gasteiger partial charge in [-0.05, 0) is 24.3 Å². The maximum Gasteiger partial charge on any atom is 0.229 e. The molecule has 23 heavy (non-hydrogen) atoms. The fraction of sp³-hybridized carbons (Fsp3) is 0.143. The second-order valence-corrected chi connectivity index (χ2v) is 6.74. The zero-order chi connectivity index (χ0) is 17.2. The van der Waals surface area contributed by atoms with Gasteiger partial charge in [0.25, 0.3) is 0 Å². The van der Waals surface area contributed by atoms with E-state index in [0.29, 0.717) is 0 Å². The first-order valence-corrected chi connectivity index (χ1v) is 8.29. The van der Waals surface area contributed by atoms with Crippen LogP contribution < -0.4 is 10.4 Å². The summed E-state index contributed by atoms with van der Waals surface area (Å²) in [5.41, 5.74) is 2.32. The highest BCUT2D eigenvalue weighted by Crippen LogP contribution is 2.28. The molecule has 0 spiro atoms. The number of benzene rings is 1. The number of amides is 1. The standard InChI is InChI=1S/C14H14FN3O4S/c1-9(19)18(14-7-10(17-20)5-6-16-14)11-3-4-13(12(15)8-11)23(2,21)22/h3-8,20H,1-2H3,(H,16,17). The molecule has 7 nitrogen and oxygen atoms in total. The molecule has 0 fully saturated rings. The first-order valence-electron chi connectivity index (χ1n) is 6.40. The first-order chi connectivity index (χ1) is 10.7. The van der Waals surface area contributed by atoms with E-state index in [9.17, 15) is 17.6 Å². The number of nitrogens with one attached hydrogen (secondary N) is 1. The van der Waals surface area contributed by atoms with Crippen molar-refractivity contribution in [1.29, 1.82) is 0 Å². The van der Waals surface area contributed by atoms with E-state index in [1.165, 1.54) is 31.3 Å². The minimum Gasteiger partial charge on any atom is -0.291 e. The molecular formula is C14H14FN3O4S. The smallest absolute Gasteiger partial charge is 0.229 e. The molecule has 0 radical (unpaired) electrons. The van der Waals surface area contributed by atoms with Crippen LogP contribution in [0, 0.1) is 5.82 Å². The molecule has 0 atom stereocenters. The number of hydrogen-bond acceptors (Lipinski definition) is 6. The molecule has 9 heteroatoms. The van der Waals surface area contributed by atoms with Gasteiger partial charge in [0.2, 0.25) is 5.91 Å². The number of sulfone groups is 1. The monoisotopic (exact) mass is 339 g/mol. The predicted molar refractivity (Wildman–Crippen MR) is 82.0 cm³/mol. The SMILES string of the molecule is CC(=O)N(c1ccc(S(C)(=O)=O)c(F)c1)c1cc(NO)ccn1. The van der Waals surface area contributed by atoms with Crippen LogP contribution in [0.1, 0.15) is 6.92 Å². The maximum atomic E-state index is 14.0. The van der Waals surface area contributed by atoms with Gasteiger partial charge in [-0.15, -0.1) is 0 Å². The third kappa shape index (κ3) is 3.63. The zero-order valence-corrected chi connectivity index (χ0v) is 13.1. The fourth-order valence-corrected chi connectivity index (χ4v) is 2.74. The average molecular weight is 339 g/mol. The Morgan fingerprint density at radius 2 is 2.00 bits per heavy atom. The van der Waals surface area contributed by atoms with Crippen LogP contribution in [0.2, 0.25) is 0 Å². The first kappa shape index (κ1) is 16.8. The van der Waals surface area contributed by atoms with Crippen LogP contribution >= 0.6 is 0 Å². The Kier molecular flexibility index (Phi) is 4.62. The highest BCUT2D eigenvalue weighted by atomic mass is 32.2. The topological polar surface area (TPSA) is 99.6 Å². The molecule has 0 saturated heterocycles. The molecule has 2 rings (SSSR count). The van der Waals surface area contributed by atoms with E-state index in [1.54, 1.807) is 0 Å². The number of nitrogens with zero attached hydrogens (tertiary/aromatic N) is 2. The normalized spacial score (nSPS) is 11.1.